The van der Waals surface area contributed by atoms with E-state index < -0.39 is 0 Å². The zero-order valence-corrected chi connectivity index (χ0v) is 13.4. The fourth-order valence-corrected chi connectivity index (χ4v) is 3.36. The Morgan fingerprint density at radius 2 is 2.22 bits per heavy atom. The van der Waals surface area contributed by atoms with E-state index >= 15 is 0 Å². The molecule has 1 aliphatic heterocycles. The van der Waals surface area contributed by atoms with Crippen LogP contribution in [0.4, 0.5) is 0 Å². The van der Waals surface area contributed by atoms with E-state index in [0.29, 0.717) is 6.61 Å². The Balaban J connectivity index is 1.39. The van der Waals surface area contributed by atoms with Crippen LogP contribution in [-0.4, -0.2) is 32.6 Å². The van der Waals surface area contributed by atoms with Gasteiger partial charge in [0, 0.05) is 31.0 Å². The molecule has 1 atom stereocenters. The molecule has 1 N–H and O–H groups in total. The first-order chi connectivity index (χ1) is 11.4. The van der Waals surface area contributed by atoms with Crippen molar-refractivity contribution >= 4 is 11.3 Å². The highest BCUT2D eigenvalue weighted by Crippen LogP contribution is 2.24. The molecule has 6 nitrogen and oxygen atoms in total. The largest absolute Gasteiger partial charge is 0.369 e. The molecule has 0 aliphatic carbocycles. The molecule has 23 heavy (non-hydrogen) atoms. The van der Waals surface area contributed by atoms with E-state index in [2.05, 4.69) is 37.4 Å². The van der Waals surface area contributed by atoms with Gasteiger partial charge >= 0.3 is 0 Å². The number of hydrogen-bond donors (Lipinski definition) is 1. The maximum absolute atomic E-state index is 5.97. The summed E-state index contributed by atoms with van der Waals surface area (Å²) in [5.41, 5.74) is 4.26. The molecule has 7 heteroatoms. The van der Waals surface area contributed by atoms with Gasteiger partial charge in [-0.1, -0.05) is 5.21 Å². The van der Waals surface area contributed by atoms with Crippen molar-refractivity contribution in [1.29, 1.82) is 0 Å². The number of pyridine rings is 1. The van der Waals surface area contributed by atoms with Crippen LogP contribution in [-0.2, 0) is 24.4 Å². The van der Waals surface area contributed by atoms with E-state index in [9.17, 15) is 0 Å². The standard InChI is InChI=1S/C16H17N5OS/c1-4-17-5-2-13(1)16-15-10-22-14(9-21(15)20-19-16)8-18-7-12-3-6-23-11-12/h1-6,11,14,18H,7-10H2/t14-/m1/s1. The van der Waals surface area contributed by atoms with Crippen LogP contribution in [0.3, 0.4) is 0 Å². The van der Waals surface area contributed by atoms with Gasteiger partial charge in [0.15, 0.2) is 0 Å². The molecular formula is C16H17N5OS. The van der Waals surface area contributed by atoms with Crippen molar-refractivity contribution in [3.8, 4) is 11.3 Å². The first-order valence-electron chi connectivity index (χ1n) is 7.56. The van der Waals surface area contributed by atoms with Crippen LogP contribution >= 0.6 is 11.3 Å². The highest BCUT2D eigenvalue weighted by Gasteiger charge is 2.24. The number of rotatable bonds is 5. The molecule has 0 bridgehead atoms. The number of thiophene rings is 1. The second-order valence-electron chi connectivity index (χ2n) is 5.50. The van der Waals surface area contributed by atoms with E-state index in [1.165, 1.54) is 5.56 Å². The van der Waals surface area contributed by atoms with Crippen LogP contribution in [0.5, 0.6) is 0 Å². The van der Waals surface area contributed by atoms with Crippen molar-refractivity contribution in [2.75, 3.05) is 6.54 Å². The fourth-order valence-electron chi connectivity index (χ4n) is 2.69. The van der Waals surface area contributed by atoms with Crippen LogP contribution in [0.2, 0.25) is 0 Å². The van der Waals surface area contributed by atoms with Gasteiger partial charge in [0.2, 0.25) is 0 Å². The fraction of sp³-hybridized carbons (Fsp3) is 0.312. The molecule has 0 spiro atoms. The summed E-state index contributed by atoms with van der Waals surface area (Å²) in [6.45, 7) is 2.94. The average Bonchev–Trinajstić information content (AvgIpc) is 3.25. The third-order valence-electron chi connectivity index (χ3n) is 3.90. The zero-order chi connectivity index (χ0) is 15.5. The number of hydrogen-bond acceptors (Lipinski definition) is 6. The lowest BCUT2D eigenvalue weighted by molar-refractivity contribution is 0.00126. The van der Waals surface area contributed by atoms with E-state index in [1.807, 2.05) is 16.8 Å². The summed E-state index contributed by atoms with van der Waals surface area (Å²) in [6.07, 6.45) is 3.65. The summed E-state index contributed by atoms with van der Waals surface area (Å²) in [4.78, 5) is 4.04. The minimum Gasteiger partial charge on any atom is -0.369 e. The number of aromatic nitrogens is 4. The van der Waals surface area contributed by atoms with E-state index in [0.717, 1.165) is 36.6 Å². The number of ether oxygens (including phenoxy) is 1. The molecule has 0 fully saturated rings. The average molecular weight is 327 g/mol. The second-order valence-corrected chi connectivity index (χ2v) is 6.28. The molecule has 0 saturated carbocycles. The van der Waals surface area contributed by atoms with Crippen molar-refractivity contribution in [2.24, 2.45) is 0 Å². The Morgan fingerprint density at radius 1 is 1.30 bits per heavy atom. The quantitative estimate of drug-likeness (QED) is 0.777. The smallest absolute Gasteiger partial charge is 0.118 e. The summed E-state index contributed by atoms with van der Waals surface area (Å²) < 4.78 is 7.92. The minimum absolute atomic E-state index is 0.119. The summed E-state index contributed by atoms with van der Waals surface area (Å²) in [5.74, 6) is 0. The summed E-state index contributed by atoms with van der Waals surface area (Å²) in [6, 6.07) is 6.02. The molecule has 3 aromatic rings. The van der Waals surface area contributed by atoms with Crippen molar-refractivity contribution in [3.05, 3.63) is 52.6 Å². The number of nitrogens with zero attached hydrogens (tertiary/aromatic N) is 4. The van der Waals surface area contributed by atoms with Crippen molar-refractivity contribution in [3.63, 3.8) is 0 Å². The van der Waals surface area contributed by atoms with Crippen LogP contribution in [0.25, 0.3) is 11.3 Å². The SMILES string of the molecule is c1cc(-c2nnn3c2CO[C@H](CNCc2ccsc2)C3)ccn1. The minimum atomic E-state index is 0.119. The molecule has 118 valence electrons. The van der Waals surface area contributed by atoms with Crippen LogP contribution in [0.1, 0.15) is 11.3 Å². The first-order valence-corrected chi connectivity index (χ1v) is 8.50. The van der Waals surface area contributed by atoms with Gasteiger partial charge < -0.3 is 10.1 Å². The van der Waals surface area contributed by atoms with Crippen molar-refractivity contribution in [2.45, 2.75) is 25.8 Å². The van der Waals surface area contributed by atoms with Gasteiger partial charge in [-0.2, -0.15) is 11.3 Å². The van der Waals surface area contributed by atoms with Crippen molar-refractivity contribution in [1.82, 2.24) is 25.3 Å². The molecule has 4 heterocycles. The third-order valence-corrected chi connectivity index (χ3v) is 4.64. The van der Waals surface area contributed by atoms with Gasteiger partial charge in [-0.15, -0.1) is 5.10 Å². The van der Waals surface area contributed by atoms with Crippen LogP contribution < -0.4 is 5.32 Å². The Bertz CT molecular complexity index is 756. The molecule has 0 saturated heterocycles. The van der Waals surface area contributed by atoms with Crippen molar-refractivity contribution < 1.29 is 4.74 Å². The van der Waals surface area contributed by atoms with E-state index in [4.69, 9.17) is 4.74 Å². The predicted octanol–water partition coefficient (Wildman–Crippen LogP) is 2.09. The maximum Gasteiger partial charge on any atom is 0.118 e. The van der Waals surface area contributed by atoms with Gasteiger partial charge in [0.1, 0.15) is 5.69 Å². The highest BCUT2D eigenvalue weighted by atomic mass is 32.1. The van der Waals surface area contributed by atoms with Gasteiger partial charge in [0.05, 0.1) is 24.9 Å². The second kappa shape index (κ2) is 6.57. The molecule has 0 amide bonds. The zero-order valence-electron chi connectivity index (χ0n) is 12.6. The highest BCUT2D eigenvalue weighted by molar-refractivity contribution is 7.07. The lowest BCUT2D eigenvalue weighted by Crippen LogP contribution is -2.36. The first kappa shape index (κ1) is 14.5. The third kappa shape index (κ3) is 3.17. The predicted molar refractivity (Wildman–Crippen MR) is 87.9 cm³/mol. The Morgan fingerprint density at radius 3 is 3.04 bits per heavy atom. The van der Waals surface area contributed by atoms with E-state index in [-0.39, 0.29) is 6.10 Å². The molecule has 4 rings (SSSR count). The molecule has 3 aromatic heterocycles. The van der Waals surface area contributed by atoms with Crippen LogP contribution in [0, 0.1) is 0 Å². The van der Waals surface area contributed by atoms with E-state index in [1.54, 1.807) is 23.7 Å². The molecule has 0 aromatic carbocycles. The number of fused-ring (bicyclic) bond motifs is 1. The van der Waals surface area contributed by atoms with Gasteiger partial charge in [-0.25, -0.2) is 4.68 Å². The summed E-state index contributed by atoms with van der Waals surface area (Å²) >= 11 is 1.72. The molecule has 0 unspecified atom stereocenters. The Labute approximate surface area is 138 Å². The topological polar surface area (TPSA) is 64.9 Å². The molecular weight excluding hydrogens is 310 g/mol. The monoisotopic (exact) mass is 327 g/mol. The lowest BCUT2D eigenvalue weighted by atomic mass is 10.1. The van der Waals surface area contributed by atoms with Gasteiger partial charge in [-0.3, -0.25) is 4.98 Å². The number of nitrogens with one attached hydrogen (secondary N) is 1. The van der Waals surface area contributed by atoms with Gasteiger partial charge in [-0.05, 0) is 34.5 Å². The lowest BCUT2D eigenvalue weighted by Gasteiger charge is -2.24. The Kier molecular flexibility index (Phi) is 4.14. The molecule has 0 radical (unpaired) electrons. The summed E-state index contributed by atoms with van der Waals surface area (Å²) in [7, 11) is 0. The normalized spacial score (nSPS) is 17.1. The Hall–Kier alpha value is -2.09. The maximum atomic E-state index is 5.97. The van der Waals surface area contributed by atoms with Crippen LogP contribution in [0.15, 0.2) is 41.4 Å². The molecule has 1 aliphatic rings. The van der Waals surface area contributed by atoms with Gasteiger partial charge in [0.25, 0.3) is 0 Å². The summed E-state index contributed by atoms with van der Waals surface area (Å²) in [5, 5.41) is 16.3.